The Hall–Kier alpha value is -2.87. The van der Waals surface area contributed by atoms with Crippen LogP contribution in [0, 0.1) is 0 Å². The number of anilines is 1. The molecule has 3 aromatic carbocycles. The van der Waals surface area contributed by atoms with Crippen LogP contribution in [0.15, 0.2) is 77.7 Å². The van der Waals surface area contributed by atoms with E-state index in [-0.39, 0.29) is 16.3 Å². The lowest BCUT2D eigenvalue weighted by Gasteiger charge is -2.20. The Bertz CT molecular complexity index is 1200. The van der Waals surface area contributed by atoms with Gasteiger partial charge in [-0.05, 0) is 55.2 Å². The maximum atomic E-state index is 13.2. The van der Waals surface area contributed by atoms with Gasteiger partial charge in [0, 0.05) is 5.69 Å². The molecule has 0 heterocycles. The van der Waals surface area contributed by atoms with Gasteiger partial charge in [-0.1, -0.05) is 67.1 Å². The molecule has 33 heavy (non-hydrogen) atoms. The molecule has 0 fully saturated rings. The van der Waals surface area contributed by atoms with Gasteiger partial charge in [-0.25, -0.2) is 8.42 Å². The van der Waals surface area contributed by atoms with Gasteiger partial charge in [0.25, 0.3) is 0 Å². The van der Waals surface area contributed by atoms with E-state index in [9.17, 15) is 13.2 Å². The van der Waals surface area contributed by atoms with Gasteiger partial charge in [0.05, 0.1) is 16.5 Å². The minimum Gasteiger partial charge on any atom is -0.492 e. The number of amides is 1. The molecule has 0 radical (unpaired) electrons. The molecule has 1 amide bonds. The molecule has 0 aromatic heterocycles. The molecular formula is C25H27ClN2O4S. The van der Waals surface area contributed by atoms with Crippen molar-refractivity contribution in [3.05, 3.63) is 88.9 Å². The predicted molar refractivity (Wildman–Crippen MR) is 131 cm³/mol. The zero-order chi connectivity index (χ0) is 23.8. The fourth-order valence-electron chi connectivity index (χ4n) is 3.38. The molecule has 6 nitrogen and oxygen atoms in total. The number of benzene rings is 3. The van der Waals surface area contributed by atoms with Crippen LogP contribution in [-0.4, -0.2) is 27.0 Å². The average Bonchev–Trinajstić information content (AvgIpc) is 2.81. The number of hydrogen-bond acceptors (Lipinski definition) is 4. The Morgan fingerprint density at radius 1 is 1.00 bits per heavy atom. The summed E-state index contributed by atoms with van der Waals surface area (Å²) in [5.41, 5.74) is 2.45. The van der Waals surface area contributed by atoms with Crippen molar-refractivity contribution in [3.63, 3.8) is 0 Å². The van der Waals surface area contributed by atoms with E-state index in [0.717, 1.165) is 17.5 Å². The summed E-state index contributed by atoms with van der Waals surface area (Å²) in [4.78, 5) is 13.2. The minimum atomic E-state index is -4.04. The largest absolute Gasteiger partial charge is 0.492 e. The SMILES string of the molecule is CCOc1ccc(S(=O)(=O)N[C@H](Cc2ccccc2)C(=O)Nc2ccccc2CC)cc1Cl. The van der Waals surface area contributed by atoms with Crippen molar-refractivity contribution in [1.82, 2.24) is 4.72 Å². The van der Waals surface area contributed by atoms with E-state index < -0.39 is 22.0 Å². The number of sulfonamides is 1. The highest BCUT2D eigenvalue weighted by Crippen LogP contribution is 2.27. The molecule has 0 unspecified atom stereocenters. The highest BCUT2D eigenvalue weighted by atomic mass is 35.5. The van der Waals surface area contributed by atoms with Gasteiger partial charge in [0.15, 0.2) is 0 Å². The summed E-state index contributed by atoms with van der Waals surface area (Å²) in [5, 5.41) is 3.06. The third-order valence-electron chi connectivity index (χ3n) is 5.07. The average molecular weight is 487 g/mol. The first-order valence-electron chi connectivity index (χ1n) is 10.7. The lowest BCUT2D eigenvalue weighted by atomic mass is 10.1. The standard InChI is InChI=1S/C25H27ClN2O4S/c1-3-19-12-8-9-13-22(19)27-25(29)23(16-18-10-6-5-7-11-18)28-33(30,31)20-14-15-24(32-4-2)21(26)17-20/h5-15,17,23,28H,3-4,16H2,1-2H3,(H,27,29)/t23-/m1/s1. The van der Waals surface area contributed by atoms with Gasteiger partial charge in [-0.15, -0.1) is 0 Å². The van der Waals surface area contributed by atoms with Crippen LogP contribution in [0.25, 0.3) is 0 Å². The molecule has 0 saturated carbocycles. The van der Waals surface area contributed by atoms with Crippen LogP contribution >= 0.6 is 11.6 Å². The fourth-order valence-corrected chi connectivity index (χ4v) is 4.91. The second kappa shape index (κ2) is 11.3. The molecule has 0 aliphatic rings. The highest BCUT2D eigenvalue weighted by molar-refractivity contribution is 7.89. The van der Waals surface area contributed by atoms with E-state index in [1.165, 1.54) is 18.2 Å². The Morgan fingerprint density at radius 3 is 2.36 bits per heavy atom. The highest BCUT2D eigenvalue weighted by Gasteiger charge is 2.27. The van der Waals surface area contributed by atoms with Crippen molar-refractivity contribution in [3.8, 4) is 5.75 Å². The summed E-state index contributed by atoms with van der Waals surface area (Å²) < 4.78 is 34.2. The molecule has 174 valence electrons. The number of aryl methyl sites for hydroxylation is 1. The first-order chi connectivity index (χ1) is 15.8. The molecule has 2 N–H and O–H groups in total. The van der Waals surface area contributed by atoms with Crippen LogP contribution in [0.3, 0.4) is 0 Å². The number of para-hydroxylation sites is 1. The van der Waals surface area contributed by atoms with E-state index in [1.807, 2.05) is 62.4 Å². The Labute approximate surface area is 200 Å². The smallest absolute Gasteiger partial charge is 0.242 e. The number of hydrogen-bond donors (Lipinski definition) is 2. The Morgan fingerprint density at radius 2 is 1.70 bits per heavy atom. The molecule has 0 bridgehead atoms. The summed E-state index contributed by atoms with van der Waals surface area (Å²) >= 11 is 6.19. The second-order valence-corrected chi connectivity index (χ2v) is 9.51. The second-order valence-electron chi connectivity index (χ2n) is 7.39. The summed E-state index contributed by atoms with van der Waals surface area (Å²) in [6.45, 7) is 4.21. The molecule has 0 spiro atoms. The van der Waals surface area contributed by atoms with Crippen molar-refractivity contribution >= 4 is 33.2 Å². The third kappa shape index (κ3) is 6.57. The molecular weight excluding hydrogens is 460 g/mol. The van der Waals surface area contributed by atoms with E-state index >= 15 is 0 Å². The minimum absolute atomic E-state index is 0.0456. The van der Waals surface area contributed by atoms with Crippen molar-refractivity contribution < 1.29 is 17.9 Å². The van der Waals surface area contributed by atoms with Crippen LogP contribution in [0.5, 0.6) is 5.75 Å². The number of rotatable bonds is 10. The number of halogens is 1. The molecule has 0 aliphatic heterocycles. The maximum Gasteiger partial charge on any atom is 0.242 e. The zero-order valence-electron chi connectivity index (χ0n) is 18.5. The van der Waals surface area contributed by atoms with E-state index in [1.54, 1.807) is 6.07 Å². The third-order valence-corrected chi connectivity index (χ3v) is 6.83. The molecule has 8 heteroatoms. The number of carbonyl (C=O) groups excluding carboxylic acids is 1. The van der Waals surface area contributed by atoms with Crippen molar-refractivity contribution in [2.75, 3.05) is 11.9 Å². The molecule has 0 aliphatic carbocycles. The van der Waals surface area contributed by atoms with Crippen LogP contribution in [-0.2, 0) is 27.7 Å². The predicted octanol–water partition coefficient (Wildman–Crippen LogP) is 4.83. The van der Waals surface area contributed by atoms with Crippen molar-refractivity contribution in [1.29, 1.82) is 0 Å². The quantitative estimate of drug-likeness (QED) is 0.430. The van der Waals surface area contributed by atoms with Crippen LogP contribution in [0.1, 0.15) is 25.0 Å². The first kappa shape index (κ1) is 24.8. The first-order valence-corrected chi connectivity index (χ1v) is 12.6. The lowest BCUT2D eigenvalue weighted by molar-refractivity contribution is -0.117. The number of carbonyl (C=O) groups is 1. The maximum absolute atomic E-state index is 13.2. The van der Waals surface area contributed by atoms with Crippen molar-refractivity contribution in [2.45, 2.75) is 37.6 Å². The summed E-state index contributed by atoms with van der Waals surface area (Å²) in [7, 11) is -4.04. The normalized spacial score (nSPS) is 12.2. The molecule has 3 rings (SSSR count). The summed E-state index contributed by atoms with van der Waals surface area (Å²) in [6.07, 6.45) is 0.918. The summed E-state index contributed by atoms with van der Waals surface area (Å²) in [5.74, 6) is -0.0479. The Balaban J connectivity index is 1.89. The number of ether oxygens (including phenoxy) is 1. The molecule has 1 atom stereocenters. The van der Waals surface area contributed by atoms with Crippen LogP contribution in [0.2, 0.25) is 5.02 Å². The van der Waals surface area contributed by atoms with Gasteiger partial charge in [-0.3, -0.25) is 4.79 Å². The van der Waals surface area contributed by atoms with E-state index in [0.29, 0.717) is 18.0 Å². The fraction of sp³-hybridized carbons (Fsp3) is 0.240. The van der Waals surface area contributed by atoms with Crippen LogP contribution in [0.4, 0.5) is 5.69 Å². The van der Waals surface area contributed by atoms with E-state index in [4.69, 9.17) is 16.3 Å². The summed E-state index contributed by atoms with van der Waals surface area (Å²) in [6, 6.07) is 19.9. The number of nitrogens with one attached hydrogen (secondary N) is 2. The van der Waals surface area contributed by atoms with Crippen LogP contribution < -0.4 is 14.8 Å². The topological polar surface area (TPSA) is 84.5 Å². The Kier molecular flexibility index (Phi) is 8.49. The van der Waals surface area contributed by atoms with Gasteiger partial charge >= 0.3 is 0 Å². The van der Waals surface area contributed by atoms with Gasteiger partial charge in [0.1, 0.15) is 11.8 Å². The van der Waals surface area contributed by atoms with Crippen molar-refractivity contribution in [2.24, 2.45) is 0 Å². The van der Waals surface area contributed by atoms with Gasteiger partial charge in [0.2, 0.25) is 15.9 Å². The molecule has 0 saturated heterocycles. The monoisotopic (exact) mass is 486 g/mol. The van der Waals surface area contributed by atoms with E-state index in [2.05, 4.69) is 10.0 Å². The van der Waals surface area contributed by atoms with Gasteiger partial charge in [-0.2, -0.15) is 4.72 Å². The zero-order valence-corrected chi connectivity index (χ0v) is 20.1. The molecule has 3 aromatic rings. The lowest BCUT2D eigenvalue weighted by Crippen LogP contribution is -2.45. The van der Waals surface area contributed by atoms with Gasteiger partial charge < -0.3 is 10.1 Å².